The van der Waals surface area contributed by atoms with Crippen LogP contribution in [0.15, 0.2) is 70.8 Å². The molecule has 0 fully saturated rings. The van der Waals surface area contributed by atoms with E-state index in [1.807, 2.05) is 22.6 Å². The third-order valence-electron chi connectivity index (χ3n) is 6.27. The second-order valence-electron chi connectivity index (χ2n) is 9.06. The predicted octanol–water partition coefficient (Wildman–Crippen LogP) is 5.65. The fourth-order valence-corrected chi connectivity index (χ4v) is 4.75. The molecule has 0 aliphatic carbocycles. The largest absolute Gasteiger partial charge is 0.478 e. The monoisotopic (exact) mass is 663 g/mol. The first-order valence-corrected chi connectivity index (χ1v) is 13.9. The number of fused-ring (bicyclic) bond motifs is 1. The molecule has 2 heterocycles. The van der Waals surface area contributed by atoms with E-state index in [1.165, 1.54) is 35.8 Å². The van der Waals surface area contributed by atoms with Gasteiger partial charge in [-0.1, -0.05) is 32.6 Å². The number of nitrogens with one attached hydrogen (secondary N) is 1. The molecule has 2 N–H and O–H groups in total. The van der Waals surface area contributed by atoms with Crippen LogP contribution in [0.3, 0.4) is 0 Å². The zero-order chi connectivity index (χ0) is 29.4. The number of anilines is 1. The molecule has 3 rings (SSSR count). The van der Waals surface area contributed by atoms with Crippen LogP contribution in [0, 0.1) is 9.39 Å². The Kier molecular flexibility index (Phi) is 11.1. The molecule has 1 aromatic carbocycles. The van der Waals surface area contributed by atoms with Gasteiger partial charge in [0.1, 0.15) is 11.6 Å². The smallest absolute Gasteiger partial charge is 0.335 e. The Labute approximate surface area is 245 Å². The summed E-state index contributed by atoms with van der Waals surface area (Å²) in [7, 11) is 0. The number of para-hydroxylation sites is 1. The van der Waals surface area contributed by atoms with Gasteiger partial charge in [0, 0.05) is 28.0 Å². The van der Waals surface area contributed by atoms with Gasteiger partial charge >= 0.3 is 5.97 Å². The molecule has 0 spiro atoms. The maximum atomic E-state index is 15.0. The minimum absolute atomic E-state index is 0.0126. The second kappa shape index (κ2) is 14.3. The van der Waals surface area contributed by atoms with Gasteiger partial charge in [0.25, 0.3) is 5.56 Å². The number of hydrogen-bond acceptors (Lipinski definition) is 6. The molecule has 0 bridgehead atoms. The number of aliphatic carboxylic acids is 1. The van der Waals surface area contributed by atoms with Crippen molar-refractivity contribution in [3.8, 4) is 5.69 Å². The van der Waals surface area contributed by atoms with Gasteiger partial charge in [-0.3, -0.25) is 9.36 Å². The highest BCUT2D eigenvalue weighted by Crippen LogP contribution is 2.25. The van der Waals surface area contributed by atoms with Crippen LogP contribution in [0.2, 0.25) is 0 Å². The Balaban J connectivity index is 2.16. The number of nitrogens with zero attached hydrogens (tertiary/aromatic N) is 4. The number of halogens is 3. The van der Waals surface area contributed by atoms with Crippen molar-refractivity contribution >= 4 is 45.5 Å². The molecule has 8 nitrogen and oxygen atoms in total. The summed E-state index contributed by atoms with van der Waals surface area (Å²) in [6.45, 7) is 12.4. The number of carboxylic acids is 1. The van der Waals surface area contributed by atoms with Crippen molar-refractivity contribution in [3.05, 3.63) is 91.5 Å². The molecule has 2 aromatic heterocycles. The Hall–Kier alpha value is -3.45. The van der Waals surface area contributed by atoms with Crippen molar-refractivity contribution < 1.29 is 18.7 Å². The fourth-order valence-electron chi connectivity index (χ4n) is 4.05. The minimum atomic E-state index is -1.32. The van der Waals surface area contributed by atoms with E-state index in [9.17, 15) is 19.1 Å². The van der Waals surface area contributed by atoms with Gasteiger partial charge in [0.15, 0.2) is 5.65 Å². The van der Waals surface area contributed by atoms with Crippen LogP contribution < -0.4 is 10.9 Å². The van der Waals surface area contributed by atoms with Crippen molar-refractivity contribution in [2.24, 2.45) is 0 Å². The fraction of sp³-hybridized carbons (Fsp3) is 0.310. The molecule has 0 atom stereocenters. The zero-order valence-corrected chi connectivity index (χ0v) is 24.8. The highest BCUT2D eigenvalue weighted by Gasteiger charge is 2.18. The van der Waals surface area contributed by atoms with E-state index < -0.39 is 23.2 Å². The molecular formula is C29H32F2IN5O3. The lowest BCUT2D eigenvalue weighted by atomic mass is 10.1. The standard InChI is InChI=1S/C29H32F2IN5O3/c1-5-36(6-2)16-8-15-33-29-34-24(13-11-19(28(39)40)17-22(31)18(3)4)20-12-14-25(38)37(27(20)35-29)26-21(30)9-7-10-23(26)32/h7,9-12,14,17H,3,5-6,8,13,15-16H2,1-2,4H3,(H,39,40)(H,33,34,35)/b19-11+,22-17+. The van der Waals surface area contributed by atoms with Crippen LogP contribution >= 0.6 is 22.6 Å². The molecule has 11 heteroatoms. The third kappa shape index (κ3) is 7.60. The SMILES string of the molecule is C=C(C)/C(F)=C\C(=C/Cc1nc(NCCCN(CC)CC)nc2c1ccc(=O)n2-c1c(F)cccc1I)C(=O)O. The van der Waals surface area contributed by atoms with Crippen LogP contribution in [0.4, 0.5) is 14.7 Å². The van der Waals surface area contributed by atoms with Gasteiger partial charge in [0.05, 0.1) is 17.0 Å². The summed E-state index contributed by atoms with van der Waals surface area (Å²) in [5.74, 6) is -2.45. The summed E-state index contributed by atoms with van der Waals surface area (Å²) in [4.78, 5) is 36.3. The van der Waals surface area contributed by atoms with E-state index >= 15 is 4.39 Å². The average Bonchev–Trinajstić information content (AvgIpc) is 2.91. The van der Waals surface area contributed by atoms with Gasteiger partial charge in [0.2, 0.25) is 5.95 Å². The van der Waals surface area contributed by atoms with Gasteiger partial charge in [-0.25, -0.2) is 18.6 Å². The molecule has 0 radical (unpaired) electrons. The first-order chi connectivity index (χ1) is 19.1. The van der Waals surface area contributed by atoms with Gasteiger partial charge in [-0.15, -0.1) is 0 Å². The summed E-state index contributed by atoms with van der Waals surface area (Å²) in [6, 6.07) is 7.32. The molecule has 0 aliphatic rings. The zero-order valence-electron chi connectivity index (χ0n) is 22.7. The van der Waals surface area contributed by atoms with Crippen LogP contribution in [-0.2, 0) is 11.2 Å². The van der Waals surface area contributed by atoms with Crippen molar-refractivity contribution in [2.45, 2.75) is 33.6 Å². The lowest BCUT2D eigenvalue weighted by molar-refractivity contribution is -0.132. The predicted molar refractivity (Wildman–Crippen MR) is 162 cm³/mol. The van der Waals surface area contributed by atoms with Crippen molar-refractivity contribution in [2.75, 3.05) is 31.5 Å². The van der Waals surface area contributed by atoms with Crippen molar-refractivity contribution in [3.63, 3.8) is 0 Å². The van der Waals surface area contributed by atoms with Crippen LogP contribution in [0.5, 0.6) is 0 Å². The lowest BCUT2D eigenvalue weighted by Gasteiger charge is -2.18. The topological polar surface area (TPSA) is 100 Å². The van der Waals surface area contributed by atoms with E-state index in [0.717, 1.165) is 32.1 Å². The summed E-state index contributed by atoms with van der Waals surface area (Å²) < 4.78 is 30.9. The molecule has 0 unspecified atom stereocenters. The van der Waals surface area contributed by atoms with E-state index in [1.54, 1.807) is 12.1 Å². The molecule has 40 heavy (non-hydrogen) atoms. The maximum absolute atomic E-state index is 15.0. The molecular weight excluding hydrogens is 631 g/mol. The van der Waals surface area contributed by atoms with E-state index in [2.05, 4.69) is 40.6 Å². The lowest BCUT2D eigenvalue weighted by Crippen LogP contribution is -2.25. The van der Waals surface area contributed by atoms with Gasteiger partial charge in [-0.2, -0.15) is 4.98 Å². The summed E-state index contributed by atoms with van der Waals surface area (Å²) in [5, 5.41) is 13.2. The number of aromatic nitrogens is 3. The summed E-state index contributed by atoms with van der Waals surface area (Å²) >= 11 is 1.96. The van der Waals surface area contributed by atoms with Gasteiger partial charge in [-0.05, 0) is 85.4 Å². The Morgan fingerprint density at radius 3 is 2.58 bits per heavy atom. The second-order valence-corrected chi connectivity index (χ2v) is 10.2. The molecule has 3 aromatic rings. The first-order valence-electron chi connectivity index (χ1n) is 12.9. The Morgan fingerprint density at radius 2 is 1.95 bits per heavy atom. The molecule has 0 aliphatic heterocycles. The number of carbonyl (C=O) groups is 1. The number of pyridine rings is 1. The quantitative estimate of drug-likeness (QED) is 0.106. The van der Waals surface area contributed by atoms with E-state index in [0.29, 0.717) is 21.2 Å². The van der Waals surface area contributed by atoms with Crippen LogP contribution in [0.1, 0.15) is 32.9 Å². The molecule has 0 saturated heterocycles. The van der Waals surface area contributed by atoms with Crippen molar-refractivity contribution in [1.29, 1.82) is 0 Å². The Bertz CT molecular complexity index is 1510. The number of carboxylic acid groups (broad SMARTS) is 1. The van der Waals surface area contributed by atoms with Crippen molar-refractivity contribution in [1.82, 2.24) is 19.4 Å². The Morgan fingerprint density at radius 1 is 1.23 bits per heavy atom. The summed E-state index contributed by atoms with van der Waals surface area (Å²) in [5.41, 5.74) is -0.0535. The first kappa shape index (κ1) is 31.1. The van der Waals surface area contributed by atoms with E-state index in [-0.39, 0.29) is 34.8 Å². The molecule has 212 valence electrons. The van der Waals surface area contributed by atoms with E-state index in [4.69, 9.17) is 0 Å². The molecule has 0 amide bonds. The van der Waals surface area contributed by atoms with Crippen LogP contribution in [-0.4, -0.2) is 56.7 Å². The highest BCUT2D eigenvalue weighted by molar-refractivity contribution is 14.1. The number of benzene rings is 1. The molecule has 0 saturated carbocycles. The van der Waals surface area contributed by atoms with Gasteiger partial charge < -0.3 is 15.3 Å². The minimum Gasteiger partial charge on any atom is -0.478 e. The maximum Gasteiger partial charge on any atom is 0.335 e. The van der Waals surface area contributed by atoms with Crippen LogP contribution in [0.25, 0.3) is 16.7 Å². The number of hydrogen-bond donors (Lipinski definition) is 2. The average molecular weight is 664 g/mol. The number of rotatable bonds is 13. The normalized spacial score (nSPS) is 12.3. The summed E-state index contributed by atoms with van der Waals surface area (Å²) in [6.07, 6.45) is 3.03. The number of allylic oxidation sites excluding steroid dienone is 3. The third-order valence-corrected chi connectivity index (χ3v) is 7.14. The highest BCUT2D eigenvalue weighted by atomic mass is 127.